The highest BCUT2D eigenvalue weighted by Gasteiger charge is 2.31. The maximum Gasteiger partial charge on any atom is 0.244 e. The lowest BCUT2D eigenvalue weighted by Gasteiger charge is -2.30. The average Bonchev–Trinajstić information content (AvgIpc) is 3.27. The Kier molecular flexibility index (Phi) is 7.29. The number of piperidine rings is 1. The van der Waals surface area contributed by atoms with Crippen molar-refractivity contribution in [2.24, 2.45) is 11.0 Å². The van der Waals surface area contributed by atoms with Gasteiger partial charge in [0, 0.05) is 24.2 Å². The van der Waals surface area contributed by atoms with E-state index in [0.29, 0.717) is 42.1 Å². The summed E-state index contributed by atoms with van der Waals surface area (Å²) in [6, 6.07) is 5.46. The molecule has 0 bridgehead atoms. The molecule has 1 aromatic carbocycles. The molecule has 2 aromatic rings. The van der Waals surface area contributed by atoms with Gasteiger partial charge >= 0.3 is 0 Å². The third kappa shape index (κ3) is 5.23. The second kappa shape index (κ2) is 9.92. The van der Waals surface area contributed by atoms with Gasteiger partial charge in [-0.1, -0.05) is 0 Å². The molecule has 0 radical (unpaired) electrons. The predicted octanol–water partition coefficient (Wildman–Crippen LogP) is 1.61. The molecule has 3 rings (SSSR count). The van der Waals surface area contributed by atoms with Crippen LogP contribution in [-0.2, 0) is 14.8 Å². The number of benzene rings is 1. The van der Waals surface area contributed by atoms with E-state index in [4.69, 9.17) is 9.47 Å². The first-order valence-electron chi connectivity index (χ1n) is 9.96. The fraction of sp³-hybridized carbons (Fsp3) is 0.450. The van der Waals surface area contributed by atoms with Gasteiger partial charge in [-0.25, -0.2) is 18.1 Å². The lowest BCUT2D eigenvalue weighted by Crippen LogP contribution is -2.45. The molecule has 168 valence electrons. The first kappa shape index (κ1) is 22.8. The third-order valence-corrected chi connectivity index (χ3v) is 7.08. The van der Waals surface area contributed by atoms with Crippen LogP contribution in [0.15, 0.2) is 29.5 Å². The number of sulfonamides is 1. The zero-order valence-electron chi connectivity index (χ0n) is 17.8. The summed E-state index contributed by atoms with van der Waals surface area (Å²) in [4.78, 5) is 12.5. The summed E-state index contributed by atoms with van der Waals surface area (Å²) < 4.78 is 36.2. The summed E-state index contributed by atoms with van der Waals surface area (Å²) in [7, 11) is -0.180. The van der Waals surface area contributed by atoms with Crippen LogP contribution in [0.25, 0.3) is 11.3 Å². The molecule has 1 atom stereocenters. The van der Waals surface area contributed by atoms with Crippen molar-refractivity contribution < 1.29 is 22.7 Å². The molecule has 1 aliphatic rings. The first-order valence-corrected chi connectivity index (χ1v) is 11.6. The van der Waals surface area contributed by atoms with E-state index < -0.39 is 15.9 Å². The number of amides is 1. The van der Waals surface area contributed by atoms with Gasteiger partial charge in [-0.15, -0.1) is 0 Å². The number of nitrogens with zero attached hydrogens (tertiary/aromatic N) is 3. The molecular weight excluding hydrogens is 422 g/mol. The van der Waals surface area contributed by atoms with E-state index in [2.05, 4.69) is 20.7 Å². The minimum atomic E-state index is -3.31. The molecule has 1 aromatic heterocycles. The second-order valence-corrected chi connectivity index (χ2v) is 9.36. The van der Waals surface area contributed by atoms with E-state index in [1.807, 2.05) is 12.1 Å². The molecule has 1 amide bonds. The molecule has 1 unspecified atom stereocenters. The summed E-state index contributed by atoms with van der Waals surface area (Å²) in [6.45, 7) is 2.23. The van der Waals surface area contributed by atoms with Gasteiger partial charge in [0.05, 0.1) is 44.0 Å². The standard InChI is InChI=1S/C20H27N5O5S/c1-4-31(27,28)25-9-5-6-15(13-25)20(26)24-22-12-16-11-21-23-19(16)14-7-8-17(29-2)18(10-14)30-3/h7-8,10-12,15H,4-6,9,13H2,1-3H3,(H,21,23)(H,24,26). The number of nitrogens with one attached hydrogen (secondary N) is 2. The molecule has 1 aliphatic heterocycles. The molecule has 2 N–H and O–H groups in total. The van der Waals surface area contributed by atoms with Crippen LogP contribution in [0.3, 0.4) is 0 Å². The molecule has 0 aliphatic carbocycles. The van der Waals surface area contributed by atoms with Crippen molar-refractivity contribution in [3.05, 3.63) is 30.0 Å². The minimum Gasteiger partial charge on any atom is -0.493 e. The molecule has 0 spiro atoms. The number of hydrazone groups is 1. The van der Waals surface area contributed by atoms with Gasteiger partial charge in [0.15, 0.2) is 11.5 Å². The summed E-state index contributed by atoms with van der Waals surface area (Å²) in [5.41, 5.74) is 4.72. The van der Waals surface area contributed by atoms with Crippen molar-refractivity contribution in [2.75, 3.05) is 33.1 Å². The van der Waals surface area contributed by atoms with Gasteiger partial charge in [0.25, 0.3) is 0 Å². The summed E-state index contributed by atoms with van der Waals surface area (Å²) in [6.07, 6.45) is 4.36. The fourth-order valence-electron chi connectivity index (χ4n) is 3.46. The van der Waals surface area contributed by atoms with Crippen molar-refractivity contribution in [3.8, 4) is 22.8 Å². The van der Waals surface area contributed by atoms with E-state index in [1.54, 1.807) is 33.4 Å². The number of aromatic nitrogens is 2. The zero-order chi connectivity index (χ0) is 22.4. The maximum absolute atomic E-state index is 12.5. The number of hydrogen-bond acceptors (Lipinski definition) is 7. The largest absolute Gasteiger partial charge is 0.493 e. The van der Waals surface area contributed by atoms with Crippen molar-refractivity contribution in [1.82, 2.24) is 19.9 Å². The van der Waals surface area contributed by atoms with E-state index in [0.717, 1.165) is 5.56 Å². The molecule has 2 heterocycles. The van der Waals surface area contributed by atoms with Crippen molar-refractivity contribution >= 4 is 22.1 Å². The van der Waals surface area contributed by atoms with Gasteiger partial charge in [0.2, 0.25) is 15.9 Å². The molecule has 0 saturated carbocycles. The van der Waals surface area contributed by atoms with Crippen molar-refractivity contribution in [1.29, 1.82) is 0 Å². The molecule has 10 nitrogen and oxygen atoms in total. The van der Waals surface area contributed by atoms with Gasteiger partial charge < -0.3 is 9.47 Å². The molecule has 31 heavy (non-hydrogen) atoms. The number of H-pyrrole nitrogens is 1. The fourth-order valence-corrected chi connectivity index (χ4v) is 4.64. The maximum atomic E-state index is 12.5. The Labute approximate surface area is 181 Å². The number of rotatable bonds is 8. The lowest BCUT2D eigenvalue weighted by atomic mass is 9.99. The van der Waals surface area contributed by atoms with E-state index in [-0.39, 0.29) is 18.2 Å². The summed E-state index contributed by atoms with van der Waals surface area (Å²) >= 11 is 0. The number of methoxy groups -OCH3 is 2. The Morgan fingerprint density at radius 1 is 1.35 bits per heavy atom. The Hall–Kier alpha value is -2.92. The molecular formula is C20H27N5O5S. The van der Waals surface area contributed by atoms with Crippen LogP contribution < -0.4 is 14.9 Å². The highest BCUT2D eigenvalue weighted by Crippen LogP contribution is 2.32. The van der Waals surface area contributed by atoms with Crippen LogP contribution in [0.5, 0.6) is 11.5 Å². The first-order chi connectivity index (χ1) is 14.9. The molecule has 1 saturated heterocycles. The van der Waals surface area contributed by atoms with Crippen LogP contribution in [0.1, 0.15) is 25.3 Å². The van der Waals surface area contributed by atoms with Crippen LogP contribution in [0.2, 0.25) is 0 Å². The Balaban J connectivity index is 1.68. The van der Waals surface area contributed by atoms with Gasteiger partial charge in [-0.2, -0.15) is 10.2 Å². The molecule has 11 heteroatoms. The van der Waals surface area contributed by atoms with Gasteiger partial charge in [0.1, 0.15) is 0 Å². The van der Waals surface area contributed by atoms with Crippen molar-refractivity contribution in [2.45, 2.75) is 19.8 Å². The Bertz CT molecular complexity index is 1050. The highest BCUT2D eigenvalue weighted by molar-refractivity contribution is 7.89. The molecule has 1 fully saturated rings. The van der Waals surface area contributed by atoms with Crippen LogP contribution in [0, 0.1) is 5.92 Å². The number of carbonyl (C=O) groups excluding carboxylic acids is 1. The second-order valence-electron chi connectivity index (χ2n) is 7.10. The quantitative estimate of drug-likeness (QED) is 0.466. The van der Waals surface area contributed by atoms with E-state index >= 15 is 0 Å². The predicted molar refractivity (Wildman–Crippen MR) is 117 cm³/mol. The van der Waals surface area contributed by atoms with E-state index in [9.17, 15) is 13.2 Å². The lowest BCUT2D eigenvalue weighted by molar-refractivity contribution is -0.126. The summed E-state index contributed by atoms with van der Waals surface area (Å²) in [5, 5.41) is 11.0. The number of hydrogen-bond donors (Lipinski definition) is 2. The van der Waals surface area contributed by atoms with Crippen LogP contribution >= 0.6 is 0 Å². The van der Waals surface area contributed by atoms with Crippen LogP contribution in [0.4, 0.5) is 0 Å². The number of ether oxygens (including phenoxy) is 2. The van der Waals surface area contributed by atoms with Crippen molar-refractivity contribution in [3.63, 3.8) is 0 Å². The SMILES string of the molecule is CCS(=O)(=O)N1CCCC(C(=O)NN=Cc2cn[nH]c2-c2ccc(OC)c(OC)c2)C1. The topological polar surface area (TPSA) is 126 Å². The minimum absolute atomic E-state index is 0.0267. The van der Waals surface area contributed by atoms with Gasteiger partial charge in [-0.3, -0.25) is 9.89 Å². The average molecular weight is 450 g/mol. The van der Waals surface area contributed by atoms with E-state index in [1.165, 1.54) is 10.5 Å². The number of carbonyl (C=O) groups is 1. The zero-order valence-corrected chi connectivity index (χ0v) is 18.6. The Morgan fingerprint density at radius 2 is 2.13 bits per heavy atom. The smallest absolute Gasteiger partial charge is 0.244 e. The van der Waals surface area contributed by atoms with Crippen LogP contribution in [-0.4, -0.2) is 68.1 Å². The summed E-state index contributed by atoms with van der Waals surface area (Å²) in [5.74, 6) is 0.485. The Morgan fingerprint density at radius 3 is 2.84 bits per heavy atom. The monoisotopic (exact) mass is 449 g/mol. The van der Waals surface area contributed by atoms with Gasteiger partial charge in [-0.05, 0) is 38.0 Å². The third-order valence-electron chi connectivity index (χ3n) is 5.23. The highest BCUT2D eigenvalue weighted by atomic mass is 32.2. The normalized spacial score (nSPS) is 17.6. The number of aromatic amines is 1.